The first-order chi connectivity index (χ1) is 10.4. The van der Waals surface area contributed by atoms with Crippen LogP contribution in [0.3, 0.4) is 0 Å². The summed E-state index contributed by atoms with van der Waals surface area (Å²) in [4.78, 5) is 16.0. The van der Waals surface area contributed by atoms with Crippen molar-refractivity contribution in [3.63, 3.8) is 0 Å². The number of halogens is 3. The molecule has 8 heteroatoms. The maximum Gasteiger partial charge on any atom is 0.246 e. The molecule has 0 atom stereocenters. The van der Waals surface area contributed by atoms with E-state index < -0.39 is 5.82 Å². The molecule has 0 radical (unpaired) electrons. The summed E-state index contributed by atoms with van der Waals surface area (Å²) in [6.07, 6.45) is 0.117. The van der Waals surface area contributed by atoms with Crippen LogP contribution in [0.2, 0.25) is 10.0 Å². The van der Waals surface area contributed by atoms with E-state index in [1.54, 1.807) is 6.92 Å². The van der Waals surface area contributed by atoms with Gasteiger partial charge in [0.25, 0.3) is 0 Å². The molecule has 0 saturated heterocycles. The third kappa shape index (κ3) is 4.03. The molecule has 0 fully saturated rings. The van der Waals surface area contributed by atoms with Crippen LogP contribution >= 0.6 is 34.5 Å². The molecule has 0 bridgehead atoms. The fraction of sp³-hybridized carbons (Fsp3) is 0.214. The van der Waals surface area contributed by atoms with Gasteiger partial charge in [0.15, 0.2) is 0 Å². The highest BCUT2D eigenvalue weighted by molar-refractivity contribution is 7.09. The predicted molar refractivity (Wildman–Crippen MR) is 87.3 cm³/mol. The molecule has 1 heterocycles. The molecule has 4 nitrogen and oxygen atoms in total. The van der Waals surface area contributed by atoms with Crippen LogP contribution in [0.25, 0.3) is 0 Å². The molecule has 116 valence electrons. The lowest BCUT2D eigenvalue weighted by Gasteiger charge is -2.07. The van der Waals surface area contributed by atoms with Gasteiger partial charge in [-0.3, -0.25) is 4.79 Å². The summed E-state index contributed by atoms with van der Waals surface area (Å²) in [6.45, 7) is 3.45. The molecule has 0 saturated carbocycles. The van der Waals surface area contributed by atoms with Crippen LogP contribution in [0.15, 0.2) is 22.6 Å². The minimum Gasteiger partial charge on any atom is -0.273 e. The Kier molecular flexibility index (Phi) is 5.50. The SMILES string of the molecule is C/C(=N/NC(=O)Cc1csc(C)n1)c1c(Cl)ccc(F)c1Cl. The van der Waals surface area contributed by atoms with Crippen LogP contribution in [-0.2, 0) is 11.2 Å². The lowest BCUT2D eigenvalue weighted by Crippen LogP contribution is -2.21. The maximum absolute atomic E-state index is 13.5. The molecule has 1 N–H and O–H groups in total. The number of nitrogens with one attached hydrogen (secondary N) is 1. The second-order valence-corrected chi connectivity index (χ2v) is 6.33. The van der Waals surface area contributed by atoms with Gasteiger partial charge < -0.3 is 0 Å². The number of amides is 1. The van der Waals surface area contributed by atoms with Crippen LogP contribution in [0, 0.1) is 12.7 Å². The lowest BCUT2D eigenvalue weighted by molar-refractivity contribution is -0.120. The zero-order valence-corrected chi connectivity index (χ0v) is 14.1. The van der Waals surface area contributed by atoms with Gasteiger partial charge in [0, 0.05) is 10.9 Å². The normalized spacial score (nSPS) is 11.6. The number of rotatable bonds is 4. The van der Waals surface area contributed by atoms with Crippen molar-refractivity contribution in [3.8, 4) is 0 Å². The zero-order chi connectivity index (χ0) is 16.3. The number of hydrogen-bond acceptors (Lipinski definition) is 4. The van der Waals surface area contributed by atoms with Crippen LogP contribution in [0.4, 0.5) is 4.39 Å². The van der Waals surface area contributed by atoms with Crippen molar-refractivity contribution in [2.75, 3.05) is 0 Å². The third-order valence-corrected chi connectivity index (χ3v) is 4.27. The molecule has 0 spiro atoms. The highest BCUT2D eigenvalue weighted by Gasteiger charge is 2.14. The summed E-state index contributed by atoms with van der Waals surface area (Å²) < 4.78 is 13.5. The summed E-state index contributed by atoms with van der Waals surface area (Å²) >= 11 is 13.3. The van der Waals surface area contributed by atoms with Crippen molar-refractivity contribution in [1.29, 1.82) is 0 Å². The molecule has 1 aromatic carbocycles. The van der Waals surface area contributed by atoms with E-state index in [-0.39, 0.29) is 27.9 Å². The van der Waals surface area contributed by atoms with Gasteiger partial charge >= 0.3 is 0 Å². The Hall–Kier alpha value is -1.50. The number of benzene rings is 1. The van der Waals surface area contributed by atoms with Gasteiger partial charge in [-0.25, -0.2) is 14.8 Å². The Bertz CT molecular complexity index is 746. The van der Waals surface area contributed by atoms with E-state index in [0.717, 1.165) is 5.01 Å². The van der Waals surface area contributed by atoms with E-state index in [4.69, 9.17) is 23.2 Å². The smallest absolute Gasteiger partial charge is 0.246 e. The molecule has 0 aliphatic heterocycles. The van der Waals surface area contributed by atoms with E-state index in [1.807, 2.05) is 12.3 Å². The average molecular weight is 360 g/mol. The first-order valence-electron chi connectivity index (χ1n) is 6.26. The summed E-state index contributed by atoms with van der Waals surface area (Å²) in [5, 5.41) is 6.75. The van der Waals surface area contributed by atoms with Crippen molar-refractivity contribution in [1.82, 2.24) is 10.4 Å². The largest absolute Gasteiger partial charge is 0.273 e. The summed E-state index contributed by atoms with van der Waals surface area (Å²) in [5.74, 6) is -0.923. The van der Waals surface area contributed by atoms with Crippen molar-refractivity contribution < 1.29 is 9.18 Å². The van der Waals surface area contributed by atoms with E-state index >= 15 is 0 Å². The summed E-state index contributed by atoms with van der Waals surface area (Å²) in [5.41, 5.74) is 3.64. The van der Waals surface area contributed by atoms with Crippen LogP contribution in [-0.4, -0.2) is 16.6 Å². The van der Waals surface area contributed by atoms with Gasteiger partial charge in [-0.15, -0.1) is 11.3 Å². The maximum atomic E-state index is 13.5. The topological polar surface area (TPSA) is 54.4 Å². The fourth-order valence-electron chi connectivity index (χ4n) is 1.75. The second kappa shape index (κ2) is 7.17. The molecule has 0 aliphatic rings. The quantitative estimate of drug-likeness (QED) is 0.509. The first kappa shape index (κ1) is 16.9. The van der Waals surface area contributed by atoms with Gasteiger partial charge in [0.1, 0.15) is 5.82 Å². The number of hydrazone groups is 1. The standard InChI is InChI=1S/C14H12Cl2FN3OS/c1-7(13-10(15)3-4-11(17)14(13)16)19-20-12(21)5-9-6-22-8(2)18-9/h3-4,6H,5H2,1-2H3,(H,20,21)/b19-7-. The highest BCUT2D eigenvalue weighted by atomic mass is 35.5. The fourth-order valence-corrected chi connectivity index (χ4v) is 3.01. The van der Waals surface area contributed by atoms with Gasteiger partial charge in [0.05, 0.1) is 32.9 Å². The minimum absolute atomic E-state index is 0.117. The molecule has 1 aromatic heterocycles. The van der Waals surface area contributed by atoms with Crippen molar-refractivity contribution in [3.05, 3.63) is 49.6 Å². The van der Waals surface area contributed by atoms with E-state index in [0.29, 0.717) is 11.4 Å². The Labute approximate surface area is 141 Å². The predicted octanol–water partition coefficient (Wildman–Crippen LogP) is 3.98. The Morgan fingerprint density at radius 1 is 1.45 bits per heavy atom. The molecule has 2 aromatic rings. The van der Waals surface area contributed by atoms with Crippen LogP contribution in [0.5, 0.6) is 0 Å². The number of aryl methyl sites for hydroxylation is 1. The van der Waals surface area contributed by atoms with E-state index in [9.17, 15) is 9.18 Å². The van der Waals surface area contributed by atoms with Crippen LogP contribution in [0.1, 0.15) is 23.2 Å². The Balaban J connectivity index is 2.10. The van der Waals surface area contributed by atoms with Gasteiger partial charge in [-0.2, -0.15) is 5.10 Å². The number of thiazole rings is 1. The molecular formula is C14H12Cl2FN3OS. The number of carbonyl (C=O) groups excluding carboxylic acids is 1. The highest BCUT2D eigenvalue weighted by Crippen LogP contribution is 2.27. The molecule has 1 amide bonds. The van der Waals surface area contributed by atoms with Crippen molar-refractivity contribution >= 4 is 46.2 Å². The lowest BCUT2D eigenvalue weighted by atomic mass is 10.1. The Morgan fingerprint density at radius 2 is 2.18 bits per heavy atom. The monoisotopic (exact) mass is 359 g/mol. The van der Waals surface area contributed by atoms with Crippen molar-refractivity contribution in [2.45, 2.75) is 20.3 Å². The number of carbonyl (C=O) groups is 1. The van der Waals surface area contributed by atoms with Gasteiger partial charge in [0.2, 0.25) is 5.91 Å². The molecule has 0 unspecified atom stereocenters. The first-order valence-corrected chi connectivity index (χ1v) is 7.90. The third-order valence-electron chi connectivity index (χ3n) is 2.76. The minimum atomic E-state index is -0.597. The molecule has 2 rings (SSSR count). The zero-order valence-electron chi connectivity index (χ0n) is 11.8. The Morgan fingerprint density at radius 3 is 2.82 bits per heavy atom. The summed E-state index contributed by atoms with van der Waals surface area (Å²) in [7, 11) is 0. The van der Waals surface area contributed by atoms with Crippen LogP contribution < -0.4 is 5.43 Å². The second-order valence-electron chi connectivity index (χ2n) is 4.49. The van der Waals surface area contributed by atoms with Crippen molar-refractivity contribution in [2.24, 2.45) is 5.10 Å². The molecule has 22 heavy (non-hydrogen) atoms. The van der Waals surface area contributed by atoms with Gasteiger partial charge in [-0.1, -0.05) is 23.2 Å². The van der Waals surface area contributed by atoms with E-state index in [1.165, 1.54) is 23.5 Å². The molecular weight excluding hydrogens is 348 g/mol. The average Bonchev–Trinajstić information content (AvgIpc) is 2.86. The number of aromatic nitrogens is 1. The van der Waals surface area contributed by atoms with Gasteiger partial charge in [-0.05, 0) is 26.0 Å². The molecule has 0 aliphatic carbocycles. The number of hydrogen-bond donors (Lipinski definition) is 1. The summed E-state index contributed by atoms with van der Waals surface area (Å²) in [6, 6.07) is 2.56. The number of nitrogens with zero attached hydrogens (tertiary/aromatic N) is 2. The van der Waals surface area contributed by atoms with E-state index in [2.05, 4.69) is 15.5 Å².